The minimum atomic E-state index is 0. The van der Waals surface area contributed by atoms with Gasteiger partial charge < -0.3 is 20.3 Å². The molecule has 0 bridgehead atoms. The van der Waals surface area contributed by atoms with Gasteiger partial charge in [0.15, 0.2) is 0 Å². The van der Waals surface area contributed by atoms with Crippen LogP contribution < -0.4 is 20.3 Å². The average molecular weight is 447 g/mol. The highest BCUT2D eigenvalue weighted by Gasteiger charge is 2.17. The molecule has 2 heterocycles. The van der Waals surface area contributed by atoms with Gasteiger partial charge in [0.05, 0.1) is 6.61 Å². The molecular formula is C21H24Cl2N6O. The minimum Gasteiger partial charge on any atom is -0.494 e. The van der Waals surface area contributed by atoms with Crippen LogP contribution in [0.15, 0.2) is 48.5 Å². The molecular weight excluding hydrogens is 423 g/mol. The third-order valence-corrected chi connectivity index (χ3v) is 4.75. The normalized spacial score (nSPS) is 12.9. The van der Waals surface area contributed by atoms with Crippen molar-refractivity contribution in [2.45, 2.75) is 19.8 Å². The molecule has 0 radical (unpaired) electrons. The van der Waals surface area contributed by atoms with E-state index in [4.69, 9.17) is 16.3 Å². The first kappa shape index (κ1) is 21.9. The van der Waals surface area contributed by atoms with E-state index < -0.39 is 0 Å². The van der Waals surface area contributed by atoms with E-state index in [0.29, 0.717) is 29.5 Å². The third kappa shape index (κ3) is 5.64. The summed E-state index contributed by atoms with van der Waals surface area (Å²) in [6.07, 6.45) is 2.29. The fraction of sp³-hybridized carbons (Fsp3) is 0.286. The summed E-state index contributed by atoms with van der Waals surface area (Å²) >= 11 is 6.10. The second-order valence-electron chi connectivity index (χ2n) is 6.69. The Morgan fingerprint density at radius 3 is 2.23 bits per heavy atom. The lowest BCUT2D eigenvalue weighted by atomic mass is 10.3. The van der Waals surface area contributed by atoms with Crippen molar-refractivity contribution < 1.29 is 4.74 Å². The molecule has 0 spiro atoms. The fourth-order valence-electron chi connectivity index (χ4n) is 3.16. The molecule has 1 saturated heterocycles. The summed E-state index contributed by atoms with van der Waals surface area (Å²) < 4.78 is 5.50. The van der Waals surface area contributed by atoms with Gasteiger partial charge in [0.1, 0.15) is 5.75 Å². The highest BCUT2D eigenvalue weighted by atomic mass is 35.5. The number of ether oxygens (including phenoxy) is 1. The molecule has 0 saturated carbocycles. The van der Waals surface area contributed by atoms with Gasteiger partial charge in [-0.05, 0) is 62.2 Å². The van der Waals surface area contributed by atoms with E-state index in [1.54, 1.807) is 0 Å². The van der Waals surface area contributed by atoms with Gasteiger partial charge in [-0.25, -0.2) is 0 Å². The zero-order valence-electron chi connectivity index (χ0n) is 16.6. The Hall–Kier alpha value is -2.77. The van der Waals surface area contributed by atoms with Crippen molar-refractivity contribution in [3.8, 4) is 5.75 Å². The Morgan fingerprint density at radius 2 is 1.60 bits per heavy atom. The predicted molar refractivity (Wildman–Crippen MR) is 124 cm³/mol. The number of benzene rings is 2. The molecule has 0 amide bonds. The van der Waals surface area contributed by atoms with E-state index in [-0.39, 0.29) is 12.4 Å². The molecule has 158 valence electrons. The van der Waals surface area contributed by atoms with E-state index >= 15 is 0 Å². The highest BCUT2D eigenvalue weighted by Crippen LogP contribution is 2.24. The summed E-state index contributed by atoms with van der Waals surface area (Å²) in [5, 5.41) is 7.14. The summed E-state index contributed by atoms with van der Waals surface area (Å²) in [5.74, 6) is 2.44. The van der Waals surface area contributed by atoms with E-state index in [0.717, 1.165) is 43.1 Å². The maximum atomic E-state index is 6.10. The Balaban J connectivity index is 0.00000256. The maximum Gasteiger partial charge on any atom is 0.233 e. The van der Waals surface area contributed by atoms with Crippen molar-refractivity contribution in [3.05, 3.63) is 53.6 Å². The van der Waals surface area contributed by atoms with Crippen molar-refractivity contribution in [2.75, 3.05) is 35.2 Å². The molecule has 7 nitrogen and oxygen atoms in total. The van der Waals surface area contributed by atoms with E-state index in [9.17, 15) is 0 Å². The van der Waals surface area contributed by atoms with Crippen molar-refractivity contribution in [1.29, 1.82) is 0 Å². The quantitative estimate of drug-likeness (QED) is 0.500. The van der Waals surface area contributed by atoms with Crippen LogP contribution in [0.25, 0.3) is 0 Å². The molecule has 9 heteroatoms. The highest BCUT2D eigenvalue weighted by molar-refractivity contribution is 6.30. The number of aromatic nitrogens is 3. The van der Waals surface area contributed by atoms with Gasteiger partial charge in [0.2, 0.25) is 17.8 Å². The Labute approximate surface area is 187 Å². The Kier molecular flexibility index (Phi) is 7.54. The SMILES string of the molecule is CCOc1ccc(Nc2nc(Nc3cccc(Cl)c3)nc(N3CCCC3)n2)cc1.Cl. The summed E-state index contributed by atoms with van der Waals surface area (Å²) in [6.45, 7) is 4.50. The Bertz CT molecular complexity index is 964. The summed E-state index contributed by atoms with van der Waals surface area (Å²) in [7, 11) is 0. The van der Waals surface area contributed by atoms with Crippen LogP contribution in [0.2, 0.25) is 5.02 Å². The minimum absolute atomic E-state index is 0. The second kappa shape index (κ2) is 10.3. The number of hydrogen-bond donors (Lipinski definition) is 2. The maximum absolute atomic E-state index is 6.10. The van der Waals surface area contributed by atoms with Gasteiger partial charge >= 0.3 is 0 Å². The number of hydrogen-bond acceptors (Lipinski definition) is 7. The van der Waals surface area contributed by atoms with Crippen LogP contribution in [0, 0.1) is 0 Å². The molecule has 1 aliphatic heterocycles. The standard InChI is InChI=1S/C21H23ClN6O.ClH/c1-2-29-18-10-8-16(9-11-18)23-19-25-20(24-17-7-5-6-15(22)14-17)27-21(26-19)28-12-3-4-13-28;/h5-11,14H,2-4,12-13H2,1H3,(H2,23,24,25,26,27);1H. The van der Waals surface area contributed by atoms with E-state index in [1.165, 1.54) is 0 Å². The molecule has 4 rings (SSSR count). The van der Waals surface area contributed by atoms with Crippen LogP contribution in [0.3, 0.4) is 0 Å². The average Bonchev–Trinajstić information content (AvgIpc) is 3.25. The molecule has 2 aromatic carbocycles. The lowest BCUT2D eigenvalue weighted by Gasteiger charge is -2.17. The van der Waals surface area contributed by atoms with Gasteiger partial charge in [-0.15, -0.1) is 12.4 Å². The molecule has 1 aromatic heterocycles. The largest absolute Gasteiger partial charge is 0.494 e. The molecule has 3 aromatic rings. The van der Waals surface area contributed by atoms with Gasteiger partial charge in [0, 0.05) is 29.5 Å². The van der Waals surface area contributed by atoms with Crippen LogP contribution in [0.4, 0.5) is 29.2 Å². The van der Waals surface area contributed by atoms with Gasteiger partial charge in [0.25, 0.3) is 0 Å². The first-order valence-electron chi connectivity index (χ1n) is 9.73. The predicted octanol–water partition coefficient (Wildman–Crippen LogP) is 5.43. The van der Waals surface area contributed by atoms with Gasteiger partial charge in [-0.1, -0.05) is 17.7 Å². The second-order valence-corrected chi connectivity index (χ2v) is 7.13. The number of halogens is 2. The molecule has 0 unspecified atom stereocenters. The smallest absolute Gasteiger partial charge is 0.233 e. The first-order valence-corrected chi connectivity index (χ1v) is 10.1. The van der Waals surface area contributed by atoms with Crippen molar-refractivity contribution in [3.63, 3.8) is 0 Å². The molecule has 0 aliphatic carbocycles. The third-order valence-electron chi connectivity index (χ3n) is 4.51. The number of nitrogens with one attached hydrogen (secondary N) is 2. The van der Waals surface area contributed by atoms with Crippen molar-refractivity contribution in [1.82, 2.24) is 15.0 Å². The van der Waals surface area contributed by atoms with E-state index in [1.807, 2.05) is 55.5 Å². The van der Waals surface area contributed by atoms with Crippen LogP contribution in [-0.2, 0) is 0 Å². The zero-order chi connectivity index (χ0) is 20.1. The van der Waals surface area contributed by atoms with Gasteiger partial charge in [-0.3, -0.25) is 0 Å². The van der Waals surface area contributed by atoms with E-state index in [2.05, 4.69) is 30.5 Å². The molecule has 1 aliphatic rings. The van der Waals surface area contributed by atoms with Crippen LogP contribution >= 0.6 is 24.0 Å². The number of nitrogens with zero attached hydrogens (tertiary/aromatic N) is 4. The Morgan fingerprint density at radius 1 is 0.933 bits per heavy atom. The van der Waals surface area contributed by atoms with Crippen molar-refractivity contribution in [2.24, 2.45) is 0 Å². The van der Waals surface area contributed by atoms with Crippen molar-refractivity contribution >= 4 is 53.2 Å². The lowest BCUT2D eigenvalue weighted by Crippen LogP contribution is -2.21. The molecule has 0 atom stereocenters. The molecule has 30 heavy (non-hydrogen) atoms. The van der Waals surface area contributed by atoms with Crippen LogP contribution in [-0.4, -0.2) is 34.6 Å². The van der Waals surface area contributed by atoms with Crippen LogP contribution in [0.1, 0.15) is 19.8 Å². The fourth-order valence-corrected chi connectivity index (χ4v) is 3.35. The number of rotatable bonds is 7. The first-order chi connectivity index (χ1) is 14.2. The molecule has 1 fully saturated rings. The summed E-state index contributed by atoms with van der Waals surface area (Å²) in [6, 6.07) is 15.2. The zero-order valence-corrected chi connectivity index (χ0v) is 18.2. The molecule has 2 N–H and O–H groups in total. The van der Waals surface area contributed by atoms with Gasteiger partial charge in [-0.2, -0.15) is 15.0 Å². The topological polar surface area (TPSA) is 75.2 Å². The summed E-state index contributed by atoms with van der Waals surface area (Å²) in [4.78, 5) is 15.9. The van der Waals surface area contributed by atoms with Crippen LogP contribution in [0.5, 0.6) is 5.75 Å². The lowest BCUT2D eigenvalue weighted by molar-refractivity contribution is 0.340. The summed E-state index contributed by atoms with van der Waals surface area (Å²) in [5.41, 5.74) is 1.70. The number of anilines is 5. The monoisotopic (exact) mass is 446 g/mol.